The Labute approximate surface area is 182 Å². The van der Waals surface area contributed by atoms with E-state index >= 15 is 0 Å². The van der Waals surface area contributed by atoms with E-state index in [0.717, 1.165) is 5.56 Å². The topological polar surface area (TPSA) is 52.4 Å². The van der Waals surface area contributed by atoms with Crippen molar-refractivity contribution in [2.75, 3.05) is 7.11 Å². The van der Waals surface area contributed by atoms with E-state index in [9.17, 15) is 10.1 Å². The standard InChI is InChI=1S/C26H24NO3P/c1-30-26-18-17-21(19-25(26)27(28)29)20-31(22-11-5-2-6-12-22,23-13-7-3-8-14-23)24-15-9-4-10-16-24/h2-19,31H,20H2,1H3. The van der Waals surface area contributed by atoms with Gasteiger partial charge in [-0.2, -0.15) is 0 Å². The number of rotatable bonds is 7. The molecule has 4 aromatic rings. The van der Waals surface area contributed by atoms with Crippen LogP contribution in [0.1, 0.15) is 5.56 Å². The molecule has 0 heterocycles. The molecule has 0 aliphatic heterocycles. The maximum atomic E-state index is 11.6. The van der Waals surface area contributed by atoms with Crippen LogP contribution >= 0.6 is 7.26 Å². The molecule has 0 amide bonds. The number of methoxy groups -OCH3 is 1. The zero-order valence-electron chi connectivity index (χ0n) is 17.3. The summed E-state index contributed by atoms with van der Waals surface area (Å²) in [5.74, 6) is 0.278. The fraction of sp³-hybridized carbons (Fsp3) is 0.0769. The monoisotopic (exact) mass is 429 g/mol. The number of nitrogens with zero attached hydrogens (tertiary/aromatic N) is 1. The molecule has 0 aliphatic carbocycles. The first-order chi connectivity index (χ1) is 15.1. The van der Waals surface area contributed by atoms with Gasteiger partial charge in [0.05, 0.1) is 0 Å². The van der Waals surface area contributed by atoms with Crippen LogP contribution in [0.3, 0.4) is 0 Å². The number of nitro benzene ring substituents is 1. The average molecular weight is 429 g/mol. The van der Waals surface area contributed by atoms with Gasteiger partial charge < -0.3 is 0 Å². The summed E-state index contributed by atoms with van der Waals surface area (Å²) in [6.45, 7) is 0. The molecule has 31 heavy (non-hydrogen) atoms. The van der Waals surface area contributed by atoms with Crippen molar-refractivity contribution in [1.82, 2.24) is 0 Å². The fourth-order valence-corrected chi connectivity index (χ4v) is 9.00. The Balaban J connectivity index is 1.97. The minimum absolute atomic E-state index is 0.00270. The second-order valence-electron chi connectivity index (χ2n) is 7.44. The van der Waals surface area contributed by atoms with Crippen LogP contribution in [0.4, 0.5) is 5.69 Å². The number of ether oxygens (including phenoxy) is 1. The molecule has 0 spiro atoms. The van der Waals surface area contributed by atoms with Crippen LogP contribution in [-0.4, -0.2) is 12.0 Å². The van der Waals surface area contributed by atoms with Gasteiger partial charge in [0.2, 0.25) is 0 Å². The second kappa shape index (κ2) is 9.11. The van der Waals surface area contributed by atoms with E-state index in [2.05, 4.69) is 72.8 Å². The molecule has 0 aromatic heterocycles. The second-order valence-corrected chi connectivity index (χ2v) is 11.3. The average Bonchev–Trinajstić information content (AvgIpc) is 2.84. The van der Waals surface area contributed by atoms with Gasteiger partial charge >= 0.3 is 182 Å². The Morgan fingerprint density at radius 2 is 1.19 bits per heavy atom. The molecule has 0 radical (unpaired) electrons. The SMILES string of the molecule is COc1ccc(C[PH](c2ccccc2)(c2ccccc2)c2ccccc2)cc1[N+](=O)[O-]. The predicted octanol–water partition coefficient (Wildman–Crippen LogP) is 4.83. The summed E-state index contributed by atoms with van der Waals surface area (Å²) < 4.78 is 5.22. The van der Waals surface area contributed by atoms with E-state index in [4.69, 9.17) is 4.74 Å². The molecule has 0 saturated heterocycles. The molecule has 0 atom stereocenters. The maximum absolute atomic E-state index is 11.6. The summed E-state index contributed by atoms with van der Waals surface area (Å²) in [6, 6.07) is 36.9. The molecule has 0 aliphatic rings. The molecule has 156 valence electrons. The molecule has 5 heteroatoms. The van der Waals surface area contributed by atoms with Crippen molar-refractivity contribution >= 4 is 28.9 Å². The van der Waals surface area contributed by atoms with Gasteiger partial charge in [0, 0.05) is 0 Å². The molecule has 4 rings (SSSR count). The summed E-state index contributed by atoms with van der Waals surface area (Å²) >= 11 is 0. The zero-order valence-corrected chi connectivity index (χ0v) is 18.3. The predicted molar refractivity (Wildman–Crippen MR) is 130 cm³/mol. The third-order valence-electron chi connectivity index (χ3n) is 5.71. The first kappa shape index (κ1) is 20.8. The van der Waals surface area contributed by atoms with E-state index < -0.39 is 7.26 Å². The Bertz CT molecular complexity index is 1070. The fourth-order valence-electron chi connectivity index (χ4n) is 4.27. The number of hydrogen-bond acceptors (Lipinski definition) is 3. The van der Waals surface area contributed by atoms with Crippen molar-refractivity contribution in [2.24, 2.45) is 0 Å². The molecule has 0 N–H and O–H groups in total. The van der Waals surface area contributed by atoms with Crippen molar-refractivity contribution < 1.29 is 9.66 Å². The van der Waals surface area contributed by atoms with Crippen LogP contribution in [0.15, 0.2) is 109 Å². The summed E-state index contributed by atoms with van der Waals surface area (Å²) in [7, 11) is -1.06. The first-order valence-electron chi connectivity index (χ1n) is 10.1. The summed E-state index contributed by atoms with van der Waals surface area (Å²) in [4.78, 5) is 11.3. The van der Waals surface area contributed by atoms with Gasteiger partial charge in [-0.3, -0.25) is 0 Å². The molecule has 0 unspecified atom stereocenters. The van der Waals surface area contributed by atoms with Crippen LogP contribution < -0.4 is 20.7 Å². The van der Waals surface area contributed by atoms with Crippen molar-refractivity contribution in [1.29, 1.82) is 0 Å². The number of benzene rings is 4. The summed E-state index contributed by atoms with van der Waals surface area (Å²) in [5, 5.41) is 15.5. The van der Waals surface area contributed by atoms with Crippen LogP contribution in [0, 0.1) is 10.1 Å². The van der Waals surface area contributed by atoms with Crippen LogP contribution in [0.5, 0.6) is 5.75 Å². The Hall–Kier alpha value is -3.49. The van der Waals surface area contributed by atoms with Gasteiger partial charge in [0.1, 0.15) is 0 Å². The zero-order chi connectivity index (χ0) is 21.7. The van der Waals surface area contributed by atoms with Gasteiger partial charge in [-0.25, -0.2) is 0 Å². The molecule has 4 aromatic carbocycles. The molecule has 0 fully saturated rings. The molecule has 4 nitrogen and oxygen atoms in total. The van der Waals surface area contributed by atoms with E-state index in [0.29, 0.717) is 6.16 Å². The van der Waals surface area contributed by atoms with Crippen molar-refractivity contribution in [2.45, 2.75) is 6.16 Å². The van der Waals surface area contributed by atoms with Gasteiger partial charge in [0.25, 0.3) is 0 Å². The quantitative estimate of drug-likeness (QED) is 0.240. The van der Waals surface area contributed by atoms with E-state index in [1.807, 2.05) is 24.3 Å². The van der Waals surface area contributed by atoms with E-state index in [1.165, 1.54) is 23.0 Å². The van der Waals surface area contributed by atoms with Crippen molar-refractivity contribution in [3.63, 3.8) is 0 Å². The van der Waals surface area contributed by atoms with Gasteiger partial charge in [-0.05, 0) is 0 Å². The Kier molecular flexibility index (Phi) is 6.11. The molecule has 0 saturated carbocycles. The van der Waals surface area contributed by atoms with Gasteiger partial charge in [-0.15, -0.1) is 0 Å². The Morgan fingerprint density at radius 3 is 1.58 bits per heavy atom. The minimum atomic E-state index is -2.51. The summed E-state index contributed by atoms with van der Waals surface area (Å²) in [5.41, 5.74) is 0.924. The van der Waals surface area contributed by atoms with Crippen LogP contribution in [-0.2, 0) is 6.16 Å². The van der Waals surface area contributed by atoms with Crippen molar-refractivity contribution in [3.05, 3.63) is 125 Å². The van der Waals surface area contributed by atoms with Gasteiger partial charge in [-0.1, -0.05) is 0 Å². The first-order valence-corrected chi connectivity index (χ1v) is 12.3. The molecule has 0 bridgehead atoms. The van der Waals surface area contributed by atoms with E-state index in [-0.39, 0.29) is 16.4 Å². The number of nitro groups is 1. The van der Waals surface area contributed by atoms with Crippen molar-refractivity contribution in [3.8, 4) is 5.75 Å². The Morgan fingerprint density at radius 1 is 0.742 bits per heavy atom. The van der Waals surface area contributed by atoms with Gasteiger partial charge in [0.15, 0.2) is 0 Å². The molecular weight excluding hydrogens is 405 g/mol. The summed E-state index contributed by atoms with van der Waals surface area (Å²) in [6.07, 6.45) is 0.704. The molecular formula is C26H24NO3P. The number of hydrogen-bond donors (Lipinski definition) is 0. The normalized spacial score (nSPS) is 11.6. The van der Waals surface area contributed by atoms with E-state index in [1.54, 1.807) is 12.1 Å². The third kappa shape index (κ3) is 4.08. The van der Waals surface area contributed by atoms with Crippen LogP contribution in [0.25, 0.3) is 0 Å². The van der Waals surface area contributed by atoms with Crippen LogP contribution in [0.2, 0.25) is 0 Å². The third-order valence-corrected chi connectivity index (χ3v) is 10.6.